The lowest BCUT2D eigenvalue weighted by Gasteiger charge is -2.13. The summed E-state index contributed by atoms with van der Waals surface area (Å²) in [6.07, 6.45) is 1.00. The lowest BCUT2D eigenvalue weighted by Crippen LogP contribution is -2.30. The first-order valence-corrected chi connectivity index (χ1v) is 6.52. The third-order valence-corrected chi connectivity index (χ3v) is 3.18. The van der Waals surface area contributed by atoms with E-state index in [0.717, 1.165) is 4.88 Å². The van der Waals surface area contributed by atoms with Crippen LogP contribution in [-0.2, 0) is 4.79 Å². The summed E-state index contributed by atoms with van der Waals surface area (Å²) in [5.41, 5.74) is 0. The third-order valence-electron chi connectivity index (χ3n) is 2.35. The fraction of sp³-hybridized carbons (Fsp3) is 0.231. The molecule has 0 aliphatic carbocycles. The van der Waals surface area contributed by atoms with Crippen molar-refractivity contribution in [1.82, 2.24) is 4.98 Å². The van der Waals surface area contributed by atoms with E-state index in [0.29, 0.717) is 10.9 Å². The van der Waals surface area contributed by atoms with Crippen molar-refractivity contribution < 1.29 is 13.9 Å². The second-order valence-electron chi connectivity index (χ2n) is 3.98. The van der Waals surface area contributed by atoms with Gasteiger partial charge < -0.3 is 4.74 Å². The number of aromatic nitrogens is 1. The van der Waals surface area contributed by atoms with E-state index in [1.807, 2.05) is 6.92 Å². The molecule has 19 heavy (non-hydrogen) atoms. The predicted octanol–water partition coefficient (Wildman–Crippen LogP) is 3.00. The molecule has 0 spiro atoms. The van der Waals surface area contributed by atoms with Crippen molar-refractivity contribution in [3.05, 3.63) is 41.2 Å². The number of benzene rings is 1. The molecule has 1 aromatic heterocycles. The van der Waals surface area contributed by atoms with Gasteiger partial charge in [0.1, 0.15) is 11.6 Å². The zero-order valence-corrected chi connectivity index (χ0v) is 11.3. The van der Waals surface area contributed by atoms with Gasteiger partial charge in [-0.05, 0) is 38.1 Å². The zero-order valence-electron chi connectivity index (χ0n) is 10.5. The maximum absolute atomic E-state index is 12.7. The number of hydrogen-bond donors (Lipinski definition) is 1. The van der Waals surface area contributed by atoms with Gasteiger partial charge in [0.15, 0.2) is 11.2 Å². The lowest BCUT2D eigenvalue weighted by molar-refractivity contribution is -0.122. The van der Waals surface area contributed by atoms with Gasteiger partial charge in [-0.1, -0.05) is 0 Å². The summed E-state index contributed by atoms with van der Waals surface area (Å²) in [7, 11) is 0. The quantitative estimate of drug-likeness (QED) is 0.936. The number of halogens is 1. The van der Waals surface area contributed by atoms with E-state index in [1.165, 1.54) is 35.6 Å². The average molecular weight is 280 g/mol. The highest BCUT2D eigenvalue weighted by molar-refractivity contribution is 7.15. The van der Waals surface area contributed by atoms with E-state index in [-0.39, 0.29) is 11.7 Å². The molecule has 1 amide bonds. The first-order chi connectivity index (χ1) is 9.04. The number of nitrogens with one attached hydrogen (secondary N) is 1. The molecule has 0 aliphatic heterocycles. The Kier molecular flexibility index (Phi) is 4.11. The molecule has 1 N–H and O–H groups in total. The fourth-order valence-electron chi connectivity index (χ4n) is 1.39. The van der Waals surface area contributed by atoms with Crippen LogP contribution in [0, 0.1) is 12.7 Å². The van der Waals surface area contributed by atoms with Gasteiger partial charge in [-0.2, -0.15) is 0 Å². The smallest absolute Gasteiger partial charge is 0.266 e. The van der Waals surface area contributed by atoms with Crippen LogP contribution >= 0.6 is 11.3 Å². The number of nitrogens with zero attached hydrogens (tertiary/aromatic N) is 1. The van der Waals surface area contributed by atoms with E-state index in [9.17, 15) is 9.18 Å². The highest BCUT2D eigenvalue weighted by Gasteiger charge is 2.16. The molecule has 4 nitrogen and oxygen atoms in total. The Bertz CT molecular complexity index is 568. The standard InChI is InChI=1S/C13H13FN2O2S/c1-8-7-15-13(19-8)16-12(17)9(2)18-11-5-3-10(14)4-6-11/h3-7,9H,1-2H3,(H,15,16,17). The zero-order chi connectivity index (χ0) is 13.8. The van der Waals surface area contributed by atoms with Gasteiger partial charge in [-0.15, -0.1) is 11.3 Å². The number of ether oxygens (including phenoxy) is 1. The number of hydrogen-bond acceptors (Lipinski definition) is 4. The summed E-state index contributed by atoms with van der Waals surface area (Å²) < 4.78 is 18.1. The molecule has 6 heteroatoms. The molecule has 1 aromatic carbocycles. The van der Waals surface area contributed by atoms with Crippen LogP contribution in [0.2, 0.25) is 0 Å². The Morgan fingerprint density at radius 1 is 1.42 bits per heavy atom. The van der Waals surface area contributed by atoms with Crippen LogP contribution in [0.25, 0.3) is 0 Å². The van der Waals surface area contributed by atoms with Crippen LogP contribution in [-0.4, -0.2) is 17.0 Å². The number of aryl methyl sites for hydroxylation is 1. The SMILES string of the molecule is Cc1cnc(NC(=O)C(C)Oc2ccc(F)cc2)s1. The minimum atomic E-state index is -0.685. The highest BCUT2D eigenvalue weighted by Crippen LogP contribution is 2.18. The summed E-state index contributed by atoms with van der Waals surface area (Å²) in [5.74, 6) is -0.194. The topological polar surface area (TPSA) is 51.2 Å². The summed E-state index contributed by atoms with van der Waals surface area (Å²) in [5, 5.41) is 3.20. The normalized spacial score (nSPS) is 11.9. The molecule has 1 heterocycles. The number of thiazole rings is 1. The van der Waals surface area contributed by atoms with Crippen LogP contribution in [0.5, 0.6) is 5.75 Å². The first-order valence-electron chi connectivity index (χ1n) is 5.70. The fourth-order valence-corrected chi connectivity index (χ4v) is 2.06. The van der Waals surface area contributed by atoms with E-state index < -0.39 is 6.10 Å². The van der Waals surface area contributed by atoms with Gasteiger partial charge in [0, 0.05) is 11.1 Å². The van der Waals surface area contributed by atoms with Gasteiger partial charge in [0.2, 0.25) is 0 Å². The Morgan fingerprint density at radius 2 is 2.11 bits per heavy atom. The van der Waals surface area contributed by atoms with E-state index >= 15 is 0 Å². The lowest BCUT2D eigenvalue weighted by atomic mass is 10.3. The predicted molar refractivity (Wildman–Crippen MR) is 72.0 cm³/mol. The van der Waals surface area contributed by atoms with Crippen molar-refractivity contribution in [2.45, 2.75) is 20.0 Å². The van der Waals surface area contributed by atoms with Crippen LogP contribution in [0.15, 0.2) is 30.5 Å². The number of carbonyl (C=O) groups is 1. The van der Waals surface area contributed by atoms with E-state index in [4.69, 9.17) is 4.74 Å². The molecule has 0 radical (unpaired) electrons. The summed E-state index contributed by atoms with van der Waals surface area (Å²) in [6, 6.07) is 5.52. The molecule has 0 saturated heterocycles. The van der Waals surface area contributed by atoms with Gasteiger partial charge >= 0.3 is 0 Å². The first kappa shape index (κ1) is 13.5. The molecular formula is C13H13FN2O2S. The van der Waals surface area contributed by atoms with Crippen LogP contribution in [0.4, 0.5) is 9.52 Å². The molecule has 2 rings (SSSR count). The molecule has 0 fully saturated rings. The molecular weight excluding hydrogens is 267 g/mol. The molecule has 0 saturated carbocycles. The summed E-state index contributed by atoms with van der Waals surface area (Å²) >= 11 is 1.39. The van der Waals surface area contributed by atoms with Crippen molar-refractivity contribution in [2.24, 2.45) is 0 Å². The number of amides is 1. The molecule has 0 aliphatic rings. The molecule has 1 atom stereocenters. The van der Waals surface area contributed by atoms with Gasteiger partial charge in [0.05, 0.1) is 0 Å². The molecule has 0 bridgehead atoms. The number of rotatable bonds is 4. The average Bonchev–Trinajstić information content (AvgIpc) is 2.77. The van der Waals surface area contributed by atoms with Gasteiger partial charge in [-0.3, -0.25) is 10.1 Å². The summed E-state index contributed by atoms with van der Waals surface area (Å²) in [4.78, 5) is 16.9. The van der Waals surface area contributed by atoms with Crippen molar-refractivity contribution in [2.75, 3.05) is 5.32 Å². The van der Waals surface area contributed by atoms with Crippen molar-refractivity contribution in [3.63, 3.8) is 0 Å². The van der Waals surface area contributed by atoms with E-state index in [1.54, 1.807) is 13.1 Å². The van der Waals surface area contributed by atoms with Crippen LogP contribution in [0.3, 0.4) is 0 Å². The van der Waals surface area contributed by atoms with E-state index in [2.05, 4.69) is 10.3 Å². The van der Waals surface area contributed by atoms with Crippen LogP contribution in [0.1, 0.15) is 11.8 Å². The Balaban J connectivity index is 1.94. The highest BCUT2D eigenvalue weighted by atomic mass is 32.1. The second-order valence-corrected chi connectivity index (χ2v) is 5.21. The van der Waals surface area contributed by atoms with Gasteiger partial charge in [0.25, 0.3) is 5.91 Å². The number of anilines is 1. The minimum absolute atomic E-state index is 0.293. The summed E-state index contributed by atoms with van der Waals surface area (Å²) in [6.45, 7) is 3.53. The largest absolute Gasteiger partial charge is 0.481 e. The molecule has 100 valence electrons. The Hall–Kier alpha value is -1.95. The van der Waals surface area contributed by atoms with Crippen LogP contribution < -0.4 is 10.1 Å². The van der Waals surface area contributed by atoms with Crippen molar-refractivity contribution >= 4 is 22.4 Å². The maximum atomic E-state index is 12.7. The van der Waals surface area contributed by atoms with Crippen molar-refractivity contribution in [1.29, 1.82) is 0 Å². The Morgan fingerprint density at radius 3 is 2.68 bits per heavy atom. The molecule has 1 unspecified atom stereocenters. The number of carbonyl (C=O) groups excluding carboxylic acids is 1. The Labute approximate surface area is 114 Å². The monoisotopic (exact) mass is 280 g/mol. The third kappa shape index (κ3) is 3.75. The second kappa shape index (κ2) is 5.79. The van der Waals surface area contributed by atoms with Gasteiger partial charge in [-0.25, -0.2) is 9.37 Å². The van der Waals surface area contributed by atoms with Crippen molar-refractivity contribution in [3.8, 4) is 5.75 Å². The molecule has 2 aromatic rings. The minimum Gasteiger partial charge on any atom is -0.481 e. The maximum Gasteiger partial charge on any atom is 0.266 e.